The number of ether oxygens (including phenoxy) is 1. The second-order valence-electron chi connectivity index (χ2n) is 5.01. The molecule has 6 nitrogen and oxygen atoms in total. The van der Waals surface area contributed by atoms with Crippen LogP contribution in [0.5, 0.6) is 11.5 Å². The zero-order chi connectivity index (χ0) is 18.2. The summed E-state index contributed by atoms with van der Waals surface area (Å²) in [5.74, 6) is -0.496. The Balaban J connectivity index is 1.86. The molecule has 0 bridgehead atoms. The van der Waals surface area contributed by atoms with Crippen molar-refractivity contribution >= 4 is 35.2 Å². The van der Waals surface area contributed by atoms with Crippen LogP contribution in [-0.2, 0) is 9.59 Å². The maximum atomic E-state index is 11.8. The number of phenolic OH excluding ortho intramolecular Hbond substituents is 1. The zero-order valence-electron chi connectivity index (χ0n) is 13.5. The molecule has 0 radical (unpaired) electrons. The third kappa shape index (κ3) is 5.54. The summed E-state index contributed by atoms with van der Waals surface area (Å²) in [5.41, 5.74) is 1.15. The van der Waals surface area contributed by atoms with E-state index in [2.05, 4.69) is 10.6 Å². The summed E-state index contributed by atoms with van der Waals surface area (Å²) in [5, 5.41) is 15.0. The number of para-hydroxylation sites is 1. The van der Waals surface area contributed by atoms with E-state index >= 15 is 0 Å². The van der Waals surface area contributed by atoms with E-state index in [9.17, 15) is 14.7 Å². The summed E-state index contributed by atoms with van der Waals surface area (Å²) in [6.07, 6.45) is 2.83. The van der Waals surface area contributed by atoms with Gasteiger partial charge in [-0.1, -0.05) is 29.8 Å². The van der Waals surface area contributed by atoms with Crippen molar-refractivity contribution in [2.45, 2.75) is 0 Å². The third-order valence-corrected chi connectivity index (χ3v) is 3.53. The average Bonchev–Trinajstić information content (AvgIpc) is 2.61. The summed E-state index contributed by atoms with van der Waals surface area (Å²) in [4.78, 5) is 23.6. The van der Waals surface area contributed by atoms with Crippen LogP contribution >= 0.6 is 11.6 Å². The van der Waals surface area contributed by atoms with Crippen LogP contribution in [0.2, 0.25) is 5.02 Å². The number of methoxy groups -OCH3 is 1. The second kappa shape index (κ2) is 8.75. The van der Waals surface area contributed by atoms with Gasteiger partial charge in [0.05, 0.1) is 24.4 Å². The predicted molar refractivity (Wildman–Crippen MR) is 96.8 cm³/mol. The highest BCUT2D eigenvalue weighted by molar-refractivity contribution is 6.33. The fourth-order valence-electron chi connectivity index (χ4n) is 1.95. The van der Waals surface area contributed by atoms with Crippen LogP contribution in [0.25, 0.3) is 6.08 Å². The minimum absolute atomic E-state index is 0.0142. The summed E-state index contributed by atoms with van der Waals surface area (Å²) in [7, 11) is 1.44. The molecule has 3 N–H and O–H groups in total. The van der Waals surface area contributed by atoms with Crippen LogP contribution in [0.3, 0.4) is 0 Å². The lowest BCUT2D eigenvalue weighted by atomic mass is 10.2. The fraction of sp³-hybridized carbons (Fsp3) is 0.111. The molecule has 0 aliphatic carbocycles. The first kappa shape index (κ1) is 18.4. The van der Waals surface area contributed by atoms with Gasteiger partial charge in [0.1, 0.15) is 0 Å². The molecule has 0 aliphatic heterocycles. The van der Waals surface area contributed by atoms with Crippen molar-refractivity contribution in [1.82, 2.24) is 5.32 Å². The molecule has 0 atom stereocenters. The first-order chi connectivity index (χ1) is 12.0. The van der Waals surface area contributed by atoms with Gasteiger partial charge in [-0.05, 0) is 35.9 Å². The number of hydrogen-bond donors (Lipinski definition) is 3. The largest absolute Gasteiger partial charge is 0.504 e. The third-order valence-electron chi connectivity index (χ3n) is 3.20. The number of halogens is 1. The molecule has 2 amide bonds. The number of rotatable bonds is 6. The lowest BCUT2D eigenvalue weighted by Gasteiger charge is -2.07. The molecule has 7 heteroatoms. The molecule has 2 rings (SSSR count). The van der Waals surface area contributed by atoms with Crippen LogP contribution in [-0.4, -0.2) is 30.6 Å². The molecule has 0 heterocycles. The summed E-state index contributed by atoms with van der Waals surface area (Å²) in [6, 6.07) is 11.5. The lowest BCUT2D eigenvalue weighted by Crippen LogP contribution is -2.31. The molecule has 2 aromatic rings. The van der Waals surface area contributed by atoms with Crippen molar-refractivity contribution in [2.24, 2.45) is 0 Å². The average molecular weight is 361 g/mol. The highest BCUT2D eigenvalue weighted by atomic mass is 35.5. The summed E-state index contributed by atoms with van der Waals surface area (Å²) in [6.45, 7) is -0.187. The first-order valence-corrected chi connectivity index (χ1v) is 7.74. The molecular formula is C18H17ClN2O4. The number of benzene rings is 2. The summed E-state index contributed by atoms with van der Waals surface area (Å²) >= 11 is 5.94. The normalized spacial score (nSPS) is 10.5. The van der Waals surface area contributed by atoms with E-state index in [1.54, 1.807) is 42.5 Å². The maximum Gasteiger partial charge on any atom is 0.244 e. The van der Waals surface area contributed by atoms with Gasteiger partial charge in [0.15, 0.2) is 11.5 Å². The van der Waals surface area contributed by atoms with Crippen LogP contribution in [0.1, 0.15) is 5.56 Å². The fourth-order valence-corrected chi connectivity index (χ4v) is 2.14. The Morgan fingerprint density at radius 2 is 2.00 bits per heavy atom. The standard InChI is InChI=1S/C18H17ClN2O4/c1-25-16-10-12(6-8-15(16)22)7-9-17(23)20-11-18(24)21-14-5-3-2-4-13(14)19/h2-10,22H,11H2,1H3,(H,20,23)(H,21,24)/b9-7+. The van der Waals surface area contributed by atoms with Crippen LogP contribution in [0.15, 0.2) is 48.5 Å². The maximum absolute atomic E-state index is 11.8. The molecular weight excluding hydrogens is 344 g/mol. The molecule has 0 aliphatic rings. The number of amides is 2. The van der Waals surface area contributed by atoms with E-state index in [-0.39, 0.29) is 18.2 Å². The highest BCUT2D eigenvalue weighted by Crippen LogP contribution is 2.26. The Morgan fingerprint density at radius 3 is 2.72 bits per heavy atom. The first-order valence-electron chi connectivity index (χ1n) is 7.37. The lowest BCUT2D eigenvalue weighted by molar-refractivity contribution is -0.121. The van der Waals surface area contributed by atoms with Crippen LogP contribution in [0, 0.1) is 0 Å². The number of phenols is 1. The molecule has 0 saturated heterocycles. The minimum atomic E-state index is -0.429. The quantitative estimate of drug-likeness (QED) is 0.691. The molecule has 0 saturated carbocycles. The highest BCUT2D eigenvalue weighted by Gasteiger charge is 2.06. The molecule has 130 valence electrons. The van der Waals surface area contributed by atoms with Crippen LogP contribution < -0.4 is 15.4 Å². The molecule has 0 fully saturated rings. The molecule has 0 aromatic heterocycles. The van der Waals surface area contributed by atoms with Gasteiger partial charge in [-0.3, -0.25) is 9.59 Å². The molecule has 25 heavy (non-hydrogen) atoms. The monoisotopic (exact) mass is 360 g/mol. The number of anilines is 1. The van der Waals surface area contributed by atoms with E-state index in [0.29, 0.717) is 22.0 Å². The Hall–Kier alpha value is -2.99. The van der Waals surface area contributed by atoms with Gasteiger partial charge in [0.2, 0.25) is 11.8 Å². The van der Waals surface area contributed by atoms with Crippen molar-refractivity contribution in [3.63, 3.8) is 0 Å². The second-order valence-corrected chi connectivity index (χ2v) is 5.42. The van der Waals surface area contributed by atoms with Gasteiger partial charge >= 0.3 is 0 Å². The van der Waals surface area contributed by atoms with Gasteiger partial charge in [0, 0.05) is 6.08 Å². The Bertz CT molecular complexity index is 805. The molecule has 0 unspecified atom stereocenters. The van der Waals surface area contributed by atoms with Crippen molar-refractivity contribution < 1.29 is 19.4 Å². The Kier molecular flexibility index (Phi) is 6.42. The Morgan fingerprint density at radius 1 is 1.24 bits per heavy atom. The van der Waals surface area contributed by atoms with E-state index in [4.69, 9.17) is 16.3 Å². The number of carbonyl (C=O) groups is 2. The number of nitrogens with one attached hydrogen (secondary N) is 2. The zero-order valence-corrected chi connectivity index (χ0v) is 14.2. The van der Waals surface area contributed by atoms with E-state index < -0.39 is 5.91 Å². The predicted octanol–water partition coefficient (Wildman–Crippen LogP) is 2.82. The van der Waals surface area contributed by atoms with E-state index in [1.807, 2.05) is 0 Å². The SMILES string of the molecule is COc1cc(/C=C/C(=O)NCC(=O)Nc2ccccc2Cl)ccc1O. The number of hydrogen-bond acceptors (Lipinski definition) is 4. The summed E-state index contributed by atoms with van der Waals surface area (Å²) < 4.78 is 4.99. The van der Waals surface area contributed by atoms with Gasteiger partial charge in [-0.2, -0.15) is 0 Å². The molecule has 0 spiro atoms. The van der Waals surface area contributed by atoms with Gasteiger partial charge in [0.25, 0.3) is 0 Å². The van der Waals surface area contributed by atoms with Crippen molar-refractivity contribution in [3.8, 4) is 11.5 Å². The number of carbonyl (C=O) groups excluding carboxylic acids is 2. The Labute approximate surface area is 150 Å². The smallest absolute Gasteiger partial charge is 0.244 e. The van der Waals surface area contributed by atoms with Crippen molar-refractivity contribution in [1.29, 1.82) is 0 Å². The van der Waals surface area contributed by atoms with Crippen molar-refractivity contribution in [2.75, 3.05) is 19.0 Å². The van der Waals surface area contributed by atoms with Gasteiger partial charge in [-0.15, -0.1) is 0 Å². The van der Waals surface area contributed by atoms with E-state index in [1.165, 1.54) is 19.3 Å². The molecule has 2 aromatic carbocycles. The van der Waals surface area contributed by atoms with Crippen LogP contribution in [0.4, 0.5) is 5.69 Å². The minimum Gasteiger partial charge on any atom is -0.504 e. The topological polar surface area (TPSA) is 87.7 Å². The van der Waals surface area contributed by atoms with E-state index in [0.717, 1.165) is 0 Å². The van der Waals surface area contributed by atoms with Gasteiger partial charge in [-0.25, -0.2) is 0 Å². The number of aromatic hydroxyl groups is 1. The van der Waals surface area contributed by atoms with Gasteiger partial charge < -0.3 is 20.5 Å². The van der Waals surface area contributed by atoms with Crippen molar-refractivity contribution in [3.05, 3.63) is 59.1 Å².